The minimum Gasteiger partial charge on any atom is -0.282 e. The summed E-state index contributed by atoms with van der Waals surface area (Å²) >= 11 is 0. The van der Waals surface area contributed by atoms with E-state index in [1.165, 1.54) is 0 Å². The molecule has 2 aliphatic heterocycles. The second-order valence-corrected chi connectivity index (χ2v) is 9.58. The Bertz CT molecular complexity index is 1180. The summed E-state index contributed by atoms with van der Waals surface area (Å²) in [5.41, 5.74) is 3.10. The van der Waals surface area contributed by atoms with E-state index in [1.54, 1.807) is 41.0 Å². The van der Waals surface area contributed by atoms with Crippen molar-refractivity contribution >= 4 is 10.0 Å². The van der Waals surface area contributed by atoms with Crippen LogP contribution in [0.1, 0.15) is 48.4 Å². The smallest absolute Gasteiger partial charge is 0.244 e. The first-order chi connectivity index (χ1) is 13.4. The average molecular weight is 392 g/mol. The van der Waals surface area contributed by atoms with Crippen LogP contribution in [-0.4, -0.2) is 27.9 Å². The van der Waals surface area contributed by atoms with Gasteiger partial charge in [-0.2, -0.15) is 9.40 Å². The number of sulfonamides is 1. The molecule has 0 spiro atoms. The van der Waals surface area contributed by atoms with Gasteiger partial charge in [0, 0.05) is 22.9 Å². The van der Waals surface area contributed by atoms with Crippen LogP contribution in [0.15, 0.2) is 72.0 Å². The third kappa shape index (κ3) is 2.20. The maximum atomic E-state index is 13.8. The van der Waals surface area contributed by atoms with Crippen LogP contribution < -0.4 is 0 Å². The van der Waals surface area contributed by atoms with Crippen molar-refractivity contribution in [1.29, 1.82) is 0 Å². The summed E-state index contributed by atoms with van der Waals surface area (Å²) in [5, 5.41) is 7.33. The topological polar surface area (TPSA) is 79.0 Å². The van der Waals surface area contributed by atoms with Gasteiger partial charge in [0.25, 0.3) is 0 Å². The Hall–Kier alpha value is -2.77. The van der Waals surface area contributed by atoms with Gasteiger partial charge in [0.1, 0.15) is 0 Å². The fourth-order valence-electron chi connectivity index (χ4n) is 4.56. The third-order valence-electron chi connectivity index (χ3n) is 5.77. The lowest BCUT2D eigenvalue weighted by atomic mass is 9.76. The normalized spacial score (nSPS) is 25.0. The minimum absolute atomic E-state index is 0.263. The van der Waals surface area contributed by atoms with E-state index in [2.05, 4.69) is 29.0 Å². The predicted octanol–water partition coefficient (Wildman–Crippen LogP) is 3.44. The molecule has 2 aromatic rings. The maximum absolute atomic E-state index is 13.8. The third-order valence-corrected chi connectivity index (χ3v) is 7.61. The van der Waals surface area contributed by atoms with Crippen LogP contribution in [0.4, 0.5) is 0 Å². The summed E-state index contributed by atoms with van der Waals surface area (Å²) < 4.78 is 29.3. The van der Waals surface area contributed by atoms with Crippen LogP contribution >= 0.6 is 0 Å². The van der Waals surface area contributed by atoms with Gasteiger partial charge in [0.05, 0.1) is 28.9 Å². The van der Waals surface area contributed by atoms with Crippen molar-refractivity contribution in [3.63, 3.8) is 0 Å². The van der Waals surface area contributed by atoms with E-state index in [9.17, 15) is 8.42 Å². The molecule has 0 aromatic carbocycles. The molecule has 7 heteroatoms. The molecule has 142 valence electrons. The van der Waals surface area contributed by atoms with Crippen LogP contribution in [0.2, 0.25) is 0 Å². The molecule has 0 saturated heterocycles. The molecule has 5 rings (SSSR count). The van der Waals surface area contributed by atoms with Gasteiger partial charge in [-0.15, -0.1) is 0 Å². The second kappa shape index (κ2) is 5.86. The molecule has 1 N–H and O–H groups in total. The van der Waals surface area contributed by atoms with E-state index in [0.717, 1.165) is 22.5 Å². The number of allylic oxidation sites excluding steroid dienone is 7. The van der Waals surface area contributed by atoms with Crippen LogP contribution in [0, 0.1) is 0 Å². The highest BCUT2D eigenvalue weighted by atomic mass is 32.2. The van der Waals surface area contributed by atoms with E-state index in [-0.39, 0.29) is 10.9 Å². The first kappa shape index (κ1) is 17.3. The van der Waals surface area contributed by atoms with E-state index in [0.29, 0.717) is 0 Å². The number of nitrogens with one attached hydrogen (secondary N) is 1. The van der Waals surface area contributed by atoms with Gasteiger partial charge < -0.3 is 0 Å². The molecular formula is C21H20N4O2S. The Morgan fingerprint density at radius 1 is 1.11 bits per heavy atom. The number of rotatable bonds is 2. The number of hydrogen-bond donors (Lipinski definition) is 1. The quantitative estimate of drug-likeness (QED) is 0.849. The Labute approximate surface area is 164 Å². The molecule has 2 bridgehead atoms. The molecule has 3 aliphatic rings. The fourth-order valence-corrected chi connectivity index (χ4v) is 6.45. The zero-order valence-electron chi connectivity index (χ0n) is 15.6. The van der Waals surface area contributed by atoms with Gasteiger partial charge in [-0.1, -0.05) is 50.3 Å². The highest BCUT2D eigenvalue weighted by Gasteiger charge is 2.59. The number of fused-ring (bicyclic) bond motifs is 7. The summed E-state index contributed by atoms with van der Waals surface area (Å²) in [6, 6.07) is 3.02. The first-order valence-corrected chi connectivity index (χ1v) is 10.6. The molecule has 0 fully saturated rings. The highest BCUT2D eigenvalue weighted by Crippen LogP contribution is 2.59. The van der Waals surface area contributed by atoms with E-state index >= 15 is 0 Å². The van der Waals surface area contributed by atoms with Crippen molar-refractivity contribution < 1.29 is 8.42 Å². The van der Waals surface area contributed by atoms with Gasteiger partial charge in [0.2, 0.25) is 10.0 Å². The Morgan fingerprint density at radius 3 is 2.75 bits per heavy atom. The Morgan fingerprint density at radius 2 is 1.89 bits per heavy atom. The number of nitrogens with zero attached hydrogens (tertiary/aromatic N) is 3. The monoisotopic (exact) mass is 392 g/mol. The molecule has 0 radical (unpaired) electrons. The van der Waals surface area contributed by atoms with Gasteiger partial charge in [-0.25, -0.2) is 8.42 Å². The average Bonchev–Trinajstić information content (AvgIpc) is 3.23. The summed E-state index contributed by atoms with van der Waals surface area (Å²) in [6.07, 6.45) is 15.7. The van der Waals surface area contributed by atoms with Crippen LogP contribution in [0.3, 0.4) is 0 Å². The summed E-state index contributed by atoms with van der Waals surface area (Å²) in [6.45, 7) is 4.11. The maximum Gasteiger partial charge on any atom is 0.244 e. The van der Waals surface area contributed by atoms with Gasteiger partial charge in [0.15, 0.2) is 0 Å². The predicted molar refractivity (Wildman–Crippen MR) is 107 cm³/mol. The molecule has 2 aromatic heterocycles. The molecule has 2 atom stereocenters. The Kier molecular flexibility index (Phi) is 3.63. The largest absolute Gasteiger partial charge is 0.282 e. The molecule has 0 amide bonds. The summed E-state index contributed by atoms with van der Waals surface area (Å²) in [4.78, 5) is 4.84. The number of H-pyrrole nitrogens is 1. The molecule has 0 saturated carbocycles. The molecule has 4 heterocycles. The minimum atomic E-state index is -3.78. The number of aromatic amines is 1. The summed E-state index contributed by atoms with van der Waals surface area (Å²) in [7, 11) is -3.78. The van der Waals surface area contributed by atoms with Crippen molar-refractivity contribution in [1.82, 2.24) is 19.5 Å². The summed E-state index contributed by atoms with van der Waals surface area (Å²) in [5.74, 6) is 0. The van der Waals surface area contributed by atoms with E-state index in [1.807, 2.05) is 30.4 Å². The SMILES string of the molecule is CC1(C)c2[nH]ncc2C2c3ncccc3C1N2S(=O)(=O)C1=CC=CC=CC=C1. The number of hydrogen-bond acceptors (Lipinski definition) is 4. The van der Waals surface area contributed by atoms with E-state index < -0.39 is 21.5 Å². The zero-order valence-corrected chi connectivity index (χ0v) is 16.4. The van der Waals surface area contributed by atoms with Crippen molar-refractivity contribution in [3.05, 3.63) is 94.5 Å². The Balaban J connectivity index is 1.76. The zero-order chi connectivity index (χ0) is 19.5. The van der Waals surface area contributed by atoms with Gasteiger partial charge in [-0.05, 0) is 23.8 Å². The van der Waals surface area contributed by atoms with Crippen LogP contribution in [0.25, 0.3) is 0 Å². The van der Waals surface area contributed by atoms with Crippen molar-refractivity contribution in [2.75, 3.05) is 0 Å². The molecular weight excluding hydrogens is 372 g/mol. The highest BCUT2D eigenvalue weighted by molar-refractivity contribution is 7.93. The lowest BCUT2D eigenvalue weighted by Gasteiger charge is -2.43. The second-order valence-electron chi connectivity index (χ2n) is 7.74. The standard InChI is InChI=1S/C21H20N4O2S/c1-21(2)19-16(13-23-24-19)18-17-15(11-8-12-22-17)20(21)25(18)28(26,27)14-9-6-4-3-5-7-10-14/h3-13,18,20H,1-2H3,(H,23,24). The first-order valence-electron chi connectivity index (χ1n) is 9.18. The lowest BCUT2D eigenvalue weighted by Crippen LogP contribution is -2.46. The van der Waals surface area contributed by atoms with Crippen molar-refractivity contribution in [3.8, 4) is 0 Å². The molecule has 1 aliphatic carbocycles. The van der Waals surface area contributed by atoms with Gasteiger partial charge >= 0.3 is 0 Å². The molecule has 6 nitrogen and oxygen atoms in total. The van der Waals surface area contributed by atoms with Crippen LogP contribution in [0.5, 0.6) is 0 Å². The fraction of sp³-hybridized carbons (Fsp3) is 0.238. The lowest BCUT2D eigenvalue weighted by molar-refractivity contribution is 0.198. The van der Waals surface area contributed by atoms with Gasteiger partial charge in [-0.3, -0.25) is 10.1 Å². The van der Waals surface area contributed by atoms with Crippen LogP contribution in [-0.2, 0) is 15.4 Å². The molecule has 2 unspecified atom stereocenters. The van der Waals surface area contributed by atoms with Crippen molar-refractivity contribution in [2.45, 2.75) is 31.3 Å². The van der Waals surface area contributed by atoms with E-state index in [4.69, 9.17) is 0 Å². The van der Waals surface area contributed by atoms with Crippen molar-refractivity contribution in [2.24, 2.45) is 0 Å². The molecule has 28 heavy (non-hydrogen) atoms. The number of pyridine rings is 1. The number of aromatic nitrogens is 3.